The standard InChI is InChI=1S/C28H26N2O7/c1-16(2)36-19-7-5-18(6-8-19)30-23-11-9-20(37-21-10-12-24-25(14-21)35-15-34-24)13-22(23)26(27(30)28(32)33)29(4)17(3)31/h5-14,16H,15H2,1-4H3,(H,32,33). The van der Waals surface area contributed by atoms with Crippen molar-refractivity contribution >= 4 is 28.5 Å². The van der Waals surface area contributed by atoms with E-state index in [2.05, 4.69) is 0 Å². The molecule has 5 rings (SSSR count). The molecule has 0 radical (unpaired) electrons. The number of carbonyl (C=O) groups is 2. The summed E-state index contributed by atoms with van der Waals surface area (Å²) in [6, 6.07) is 17.7. The number of anilines is 1. The minimum absolute atomic E-state index is 0.00633. The number of rotatable bonds is 7. The van der Waals surface area contributed by atoms with Gasteiger partial charge in [-0.05, 0) is 68.4 Å². The van der Waals surface area contributed by atoms with Crippen LogP contribution in [0, 0.1) is 0 Å². The number of ether oxygens (including phenoxy) is 4. The van der Waals surface area contributed by atoms with Gasteiger partial charge in [0.25, 0.3) is 0 Å². The summed E-state index contributed by atoms with van der Waals surface area (Å²) in [5, 5.41) is 10.8. The van der Waals surface area contributed by atoms with E-state index in [9.17, 15) is 14.7 Å². The van der Waals surface area contributed by atoms with Crippen LogP contribution in [0.25, 0.3) is 16.6 Å². The summed E-state index contributed by atoms with van der Waals surface area (Å²) in [4.78, 5) is 26.3. The minimum Gasteiger partial charge on any atom is -0.491 e. The Morgan fingerprint density at radius 3 is 2.27 bits per heavy atom. The lowest BCUT2D eigenvalue weighted by Crippen LogP contribution is -2.25. The van der Waals surface area contributed by atoms with Crippen molar-refractivity contribution in [1.82, 2.24) is 4.57 Å². The Kier molecular flexibility index (Phi) is 6.12. The maximum Gasteiger partial charge on any atom is 0.355 e. The molecule has 9 nitrogen and oxygen atoms in total. The minimum atomic E-state index is -1.17. The van der Waals surface area contributed by atoms with Gasteiger partial charge in [-0.25, -0.2) is 4.79 Å². The number of carboxylic acids is 1. The van der Waals surface area contributed by atoms with Crippen LogP contribution >= 0.6 is 0 Å². The Morgan fingerprint density at radius 1 is 0.946 bits per heavy atom. The number of benzene rings is 3. The lowest BCUT2D eigenvalue weighted by molar-refractivity contribution is -0.116. The number of nitrogens with zero attached hydrogens (tertiary/aromatic N) is 2. The van der Waals surface area contributed by atoms with E-state index >= 15 is 0 Å². The summed E-state index contributed by atoms with van der Waals surface area (Å²) in [5.74, 6) is 1.43. The fraction of sp³-hybridized carbons (Fsp3) is 0.214. The first-order chi connectivity index (χ1) is 17.7. The molecule has 1 aromatic heterocycles. The van der Waals surface area contributed by atoms with E-state index in [0.29, 0.717) is 45.3 Å². The number of carboxylic acid groups (broad SMARTS) is 1. The van der Waals surface area contributed by atoms with Gasteiger partial charge in [0, 0.05) is 31.1 Å². The van der Waals surface area contributed by atoms with Crippen molar-refractivity contribution < 1.29 is 33.6 Å². The van der Waals surface area contributed by atoms with Gasteiger partial charge in [-0.1, -0.05) is 0 Å². The summed E-state index contributed by atoms with van der Waals surface area (Å²) >= 11 is 0. The average Bonchev–Trinajstić information content (AvgIpc) is 3.45. The van der Waals surface area contributed by atoms with Gasteiger partial charge in [-0.3, -0.25) is 4.79 Å². The van der Waals surface area contributed by atoms with Crippen LogP contribution in [0.4, 0.5) is 5.69 Å². The molecule has 1 aliphatic heterocycles. The van der Waals surface area contributed by atoms with E-state index in [4.69, 9.17) is 18.9 Å². The predicted molar refractivity (Wildman–Crippen MR) is 138 cm³/mol. The largest absolute Gasteiger partial charge is 0.491 e. The van der Waals surface area contributed by atoms with Gasteiger partial charge in [-0.15, -0.1) is 0 Å². The number of aromatic carboxylic acids is 1. The zero-order valence-electron chi connectivity index (χ0n) is 20.8. The molecular weight excluding hydrogens is 476 g/mol. The zero-order valence-corrected chi connectivity index (χ0v) is 20.8. The summed E-state index contributed by atoms with van der Waals surface area (Å²) in [6.07, 6.45) is 0.00633. The molecule has 1 amide bonds. The average molecular weight is 503 g/mol. The first-order valence-electron chi connectivity index (χ1n) is 11.7. The second-order valence-electron chi connectivity index (χ2n) is 8.87. The molecule has 0 fully saturated rings. The second kappa shape index (κ2) is 9.42. The molecule has 190 valence electrons. The van der Waals surface area contributed by atoms with E-state index in [0.717, 1.165) is 0 Å². The normalized spacial score (nSPS) is 12.1. The number of carbonyl (C=O) groups excluding carboxylic acids is 1. The molecule has 2 heterocycles. The van der Waals surface area contributed by atoms with Crippen LogP contribution in [-0.4, -0.2) is 41.5 Å². The van der Waals surface area contributed by atoms with Crippen molar-refractivity contribution in [2.45, 2.75) is 26.9 Å². The molecule has 0 aliphatic carbocycles. The van der Waals surface area contributed by atoms with Crippen LogP contribution in [0.2, 0.25) is 0 Å². The Morgan fingerprint density at radius 2 is 1.59 bits per heavy atom. The van der Waals surface area contributed by atoms with Gasteiger partial charge in [0.2, 0.25) is 12.7 Å². The zero-order chi connectivity index (χ0) is 26.3. The second-order valence-corrected chi connectivity index (χ2v) is 8.87. The SMILES string of the molecule is CC(=O)N(C)c1c(C(=O)O)n(-c2ccc(OC(C)C)cc2)c2ccc(Oc3ccc4c(c3)OCO4)cc12. The maximum atomic E-state index is 12.6. The van der Waals surface area contributed by atoms with E-state index in [1.54, 1.807) is 72.3 Å². The highest BCUT2D eigenvalue weighted by Crippen LogP contribution is 2.41. The molecule has 0 spiro atoms. The number of aromatic nitrogens is 1. The van der Waals surface area contributed by atoms with Crippen molar-refractivity contribution in [2.24, 2.45) is 0 Å². The van der Waals surface area contributed by atoms with Crippen molar-refractivity contribution in [1.29, 1.82) is 0 Å². The smallest absolute Gasteiger partial charge is 0.355 e. The summed E-state index contributed by atoms with van der Waals surface area (Å²) in [5.41, 5.74) is 1.46. The van der Waals surface area contributed by atoms with Gasteiger partial charge >= 0.3 is 5.97 Å². The molecule has 9 heteroatoms. The molecule has 0 saturated carbocycles. The van der Waals surface area contributed by atoms with E-state index < -0.39 is 5.97 Å². The number of hydrogen-bond donors (Lipinski definition) is 1. The van der Waals surface area contributed by atoms with E-state index in [1.165, 1.54) is 11.8 Å². The van der Waals surface area contributed by atoms with Crippen molar-refractivity contribution in [3.05, 3.63) is 66.4 Å². The maximum absolute atomic E-state index is 12.6. The molecule has 1 N–H and O–H groups in total. The summed E-state index contributed by atoms with van der Waals surface area (Å²) in [7, 11) is 1.55. The summed E-state index contributed by atoms with van der Waals surface area (Å²) in [6.45, 7) is 5.41. The molecule has 4 aromatic rings. The number of fused-ring (bicyclic) bond motifs is 2. The molecule has 3 aromatic carbocycles. The van der Waals surface area contributed by atoms with E-state index in [1.807, 2.05) is 13.8 Å². The van der Waals surface area contributed by atoms with E-state index in [-0.39, 0.29) is 30.2 Å². The Balaban J connectivity index is 1.65. The lowest BCUT2D eigenvalue weighted by Gasteiger charge is -2.16. The van der Waals surface area contributed by atoms with Crippen LogP contribution < -0.4 is 23.8 Å². The third kappa shape index (κ3) is 4.51. The van der Waals surface area contributed by atoms with Crippen molar-refractivity contribution in [3.8, 4) is 34.4 Å². The molecule has 0 saturated heterocycles. The molecule has 0 atom stereocenters. The highest BCUT2D eigenvalue weighted by Gasteiger charge is 2.28. The monoisotopic (exact) mass is 502 g/mol. The Bertz CT molecular complexity index is 1510. The Hall–Kier alpha value is -4.66. The molecule has 0 bridgehead atoms. The van der Waals surface area contributed by atoms with Gasteiger partial charge in [0.1, 0.15) is 17.2 Å². The predicted octanol–water partition coefficient (Wildman–Crippen LogP) is 5.62. The highest BCUT2D eigenvalue weighted by molar-refractivity contribution is 6.12. The quantitative estimate of drug-likeness (QED) is 0.350. The first kappa shape index (κ1) is 24.1. The van der Waals surface area contributed by atoms with Crippen molar-refractivity contribution in [3.63, 3.8) is 0 Å². The highest BCUT2D eigenvalue weighted by atomic mass is 16.7. The first-order valence-corrected chi connectivity index (χ1v) is 11.7. The fourth-order valence-corrected chi connectivity index (χ4v) is 4.30. The van der Waals surface area contributed by atoms with Gasteiger partial charge in [0.15, 0.2) is 17.2 Å². The fourth-order valence-electron chi connectivity index (χ4n) is 4.30. The van der Waals surface area contributed by atoms with Crippen LogP contribution in [0.3, 0.4) is 0 Å². The van der Waals surface area contributed by atoms with Gasteiger partial charge in [0.05, 0.1) is 17.3 Å². The Labute approximate surface area is 213 Å². The molecule has 0 unspecified atom stereocenters. The summed E-state index contributed by atoms with van der Waals surface area (Å²) < 4.78 is 24.2. The van der Waals surface area contributed by atoms with Crippen LogP contribution in [0.15, 0.2) is 60.7 Å². The number of amides is 1. The third-order valence-corrected chi connectivity index (χ3v) is 5.97. The van der Waals surface area contributed by atoms with Gasteiger partial charge in [-0.2, -0.15) is 0 Å². The third-order valence-electron chi connectivity index (χ3n) is 5.97. The van der Waals surface area contributed by atoms with Crippen molar-refractivity contribution in [2.75, 3.05) is 18.7 Å². The molecular formula is C28H26N2O7. The lowest BCUT2D eigenvalue weighted by atomic mass is 10.2. The van der Waals surface area contributed by atoms with Crippen LogP contribution in [0.1, 0.15) is 31.3 Å². The van der Waals surface area contributed by atoms with Crippen LogP contribution in [0.5, 0.6) is 28.7 Å². The number of hydrogen-bond acceptors (Lipinski definition) is 6. The topological polar surface area (TPSA) is 99.5 Å². The molecule has 37 heavy (non-hydrogen) atoms. The molecule has 1 aliphatic rings. The van der Waals surface area contributed by atoms with Crippen LogP contribution in [-0.2, 0) is 4.79 Å². The van der Waals surface area contributed by atoms with Gasteiger partial charge < -0.3 is 33.5 Å².